The first kappa shape index (κ1) is 7.59. The van der Waals surface area contributed by atoms with Crippen LogP contribution < -0.4 is 0 Å². The first-order chi connectivity index (χ1) is 5.95. The summed E-state index contributed by atoms with van der Waals surface area (Å²) in [6.45, 7) is 2.36. The molecule has 2 heteroatoms. The van der Waals surface area contributed by atoms with E-state index in [1.807, 2.05) is 12.1 Å². The molecule has 0 N–H and O–H groups in total. The molecule has 1 saturated heterocycles. The molecule has 0 spiro atoms. The Labute approximate surface area is 72.5 Å². The predicted molar refractivity (Wildman–Crippen MR) is 47.7 cm³/mol. The zero-order chi connectivity index (χ0) is 8.23. The van der Waals surface area contributed by atoms with Gasteiger partial charge in [0.15, 0.2) is 5.76 Å². The highest BCUT2D eigenvalue weighted by Gasteiger charge is 2.10. The van der Waals surface area contributed by atoms with Crippen molar-refractivity contribution in [3.63, 3.8) is 0 Å². The lowest BCUT2D eigenvalue weighted by atomic mass is 10.2. The van der Waals surface area contributed by atoms with Gasteiger partial charge in [-0.05, 0) is 18.6 Å². The first-order valence-electron chi connectivity index (χ1n) is 4.57. The topological polar surface area (TPSA) is 16.1 Å². The van der Waals surface area contributed by atoms with Crippen LogP contribution in [-0.4, -0.2) is 23.9 Å². The highest BCUT2D eigenvalue weighted by molar-refractivity contribution is 5.71. The van der Waals surface area contributed by atoms with Crippen LogP contribution in [0.1, 0.15) is 25.0 Å². The summed E-state index contributed by atoms with van der Waals surface area (Å²) in [7, 11) is 0. The third kappa shape index (κ3) is 1.76. The Morgan fingerprint density at radius 3 is 2.75 bits per heavy atom. The number of nitrogens with zero attached hydrogens (tertiary/aromatic N) is 1. The zero-order valence-corrected chi connectivity index (χ0v) is 7.20. The van der Waals surface area contributed by atoms with Gasteiger partial charge in [0, 0.05) is 12.8 Å². The van der Waals surface area contributed by atoms with Gasteiger partial charge in [-0.25, -0.2) is 4.58 Å². The van der Waals surface area contributed by atoms with Crippen LogP contribution in [0.25, 0.3) is 0 Å². The average Bonchev–Trinajstić information content (AvgIpc) is 2.59. The molecule has 0 radical (unpaired) electrons. The summed E-state index contributed by atoms with van der Waals surface area (Å²) in [5.74, 6) is 0.969. The summed E-state index contributed by atoms with van der Waals surface area (Å²) in [4.78, 5) is 0. The SMILES string of the molecule is C(c1ccco1)=[N+]1CCCCC1. The van der Waals surface area contributed by atoms with Crippen LogP contribution >= 0.6 is 0 Å². The van der Waals surface area contributed by atoms with Gasteiger partial charge in [0.05, 0.1) is 6.26 Å². The van der Waals surface area contributed by atoms with Crippen molar-refractivity contribution in [2.24, 2.45) is 0 Å². The maximum absolute atomic E-state index is 5.24. The van der Waals surface area contributed by atoms with Crippen molar-refractivity contribution >= 4 is 6.21 Å². The van der Waals surface area contributed by atoms with Crippen molar-refractivity contribution in [1.29, 1.82) is 0 Å². The van der Waals surface area contributed by atoms with Crippen LogP contribution in [0.3, 0.4) is 0 Å². The average molecular weight is 164 g/mol. The molecule has 1 aromatic heterocycles. The van der Waals surface area contributed by atoms with Crippen molar-refractivity contribution in [2.45, 2.75) is 19.3 Å². The predicted octanol–water partition coefficient (Wildman–Crippen LogP) is 1.89. The number of piperidine rings is 1. The Bertz CT molecular complexity index is 253. The van der Waals surface area contributed by atoms with Crippen molar-refractivity contribution in [3.8, 4) is 0 Å². The van der Waals surface area contributed by atoms with Gasteiger partial charge in [-0.1, -0.05) is 0 Å². The van der Waals surface area contributed by atoms with Crippen LogP contribution in [-0.2, 0) is 0 Å². The Hall–Kier alpha value is -1.05. The van der Waals surface area contributed by atoms with Gasteiger partial charge < -0.3 is 4.42 Å². The van der Waals surface area contributed by atoms with Crippen LogP contribution in [0.4, 0.5) is 0 Å². The highest BCUT2D eigenvalue weighted by atomic mass is 16.3. The maximum Gasteiger partial charge on any atom is 0.206 e. The number of rotatable bonds is 1. The second-order valence-corrected chi connectivity index (χ2v) is 3.24. The summed E-state index contributed by atoms with van der Waals surface area (Å²) in [5, 5.41) is 0. The van der Waals surface area contributed by atoms with Crippen molar-refractivity contribution in [3.05, 3.63) is 24.2 Å². The van der Waals surface area contributed by atoms with Gasteiger partial charge in [0.1, 0.15) is 13.1 Å². The van der Waals surface area contributed by atoms with Crippen LogP contribution in [0.15, 0.2) is 22.8 Å². The number of hydrogen-bond acceptors (Lipinski definition) is 1. The molecule has 1 aromatic rings. The van der Waals surface area contributed by atoms with E-state index in [0.29, 0.717) is 0 Å². The standard InChI is InChI=1S/C10H14NO/c1-2-6-11(7-3-1)9-10-5-4-8-12-10/h4-5,8-9H,1-3,6-7H2/q+1. The molecule has 0 bridgehead atoms. The van der Waals surface area contributed by atoms with Crippen molar-refractivity contribution in [1.82, 2.24) is 0 Å². The third-order valence-corrected chi connectivity index (χ3v) is 2.24. The smallest absolute Gasteiger partial charge is 0.206 e. The second-order valence-electron chi connectivity index (χ2n) is 3.24. The molecule has 1 aliphatic rings. The van der Waals surface area contributed by atoms with E-state index in [2.05, 4.69) is 10.8 Å². The normalized spacial score (nSPS) is 17.8. The van der Waals surface area contributed by atoms with Crippen molar-refractivity contribution in [2.75, 3.05) is 13.1 Å². The van der Waals surface area contributed by atoms with E-state index in [0.717, 1.165) is 5.76 Å². The number of hydrogen-bond donors (Lipinski definition) is 0. The van der Waals surface area contributed by atoms with E-state index >= 15 is 0 Å². The van der Waals surface area contributed by atoms with Gasteiger partial charge in [-0.3, -0.25) is 0 Å². The lowest BCUT2D eigenvalue weighted by Gasteiger charge is -2.08. The van der Waals surface area contributed by atoms with E-state index in [1.54, 1.807) is 6.26 Å². The molecule has 0 amide bonds. The summed E-state index contributed by atoms with van der Waals surface area (Å²) in [6.07, 6.45) is 7.84. The fourth-order valence-electron chi connectivity index (χ4n) is 1.59. The van der Waals surface area contributed by atoms with E-state index in [9.17, 15) is 0 Å². The Morgan fingerprint density at radius 2 is 2.08 bits per heavy atom. The minimum atomic E-state index is 0.969. The molecule has 12 heavy (non-hydrogen) atoms. The molecule has 2 heterocycles. The minimum absolute atomic E-state index is 0.969. The second kappa shape index (κ2) is 3.57. The van der Waals surface area contributed by atoms with Gasteiger partial charge in [0.2, 0.25) is 6.21 Å². The molecule has 0 atom stereocenters. The lowest BCUT2D eigenvalue weighted by molar-refractivity contribution is -0.532. The molecular weight excluding hydrogens is 150 g/mol. The van der Waals surface area contributed by atoms with E-state index in [-0.39, 0.29) is 0 Å². The molecule has 2 nitrogen and oxygen atoms in total. The Kier molecular flexibility index (Phi) is 2.26. The summed E-state index contributed by atoms with van der Waals surface area (Å²) in [5.41, 5.74) is 0. The molecule has 0 aliphatic carbocycles. The van der Waals surface area contributed by atoms with Crippen LogP contribution in [0.2, 0.25) is 0 Å². The monoisotopic (exact) mass is 164 g/mol. The molecular formula is C10H14NO+. The fraction of sp³-hybridized carbons (Fsp3) is 0.500. The first-order valence-corrected chi connectivity index (χ1v) is 4.57. The fourth-order valence-corrected chi connectivity index (χ4v) is 1.59. The highest BCUT2D eigenvalue weighted by Crippen LogP contribution is 2.04. The molecule has 0 aromatic carbocycles. The minimum Gasteiger partial charge on any atom is -0.459 e. The molecule has 64 valence electrons. The molecule has 2 rings (SSSR count). The zero-order valence-electron chi connectivity index (χ0n) is 7.20. The van der Waals surface area contributed by atoms with Gasteiger partial charge in [-0.15, -0.1) is 0 Å². The third-order valence-electron chi connectivity index (χ3n) is 2.24. The Balaban J connectivity index is 2.07. The quantitative estimate of drug-likeness (QED) is 0.579. The summed E-state index contributed by atoms with van der Waals surface area (Å²) < 4.78 is 7.57. The maximum atomic E-state index is 5.24. The molecule has 0 saturated carbocycles. The van der Waals surface area contributed by atoms with Crippen LogP contribution in [0, 0.1) is 0 Å². The lowest BCUT2D eigenvalue weighted by Crippen LogP contribution is -2.21. The van der Waals surface area contributed by atoms with E-state index < -0.39 is 0 Å². The molecule has 1 fully saturated rings. The van der Waals surface area contributed by atoms with Gasteiger partial charge in [0.25, 0.3) is 0 Å². The van der Waals surface area contributed by atoms with Gasteiger partial charge in [-0.2, -0.15) is 0 Å². The number of furan rings is 1. The van der Waals surface area contributed by atoms with Crippen molar-refractivity contribution < 1.29 is 8.99 Å². The Morgan fingerprint density at radius 1 is 1.25 bits per heavy atom. The molecule has 0 unspecified atom stereocenters. The largest absolute Gasteiger partial charge is 0.459 e. The van der Waals surface area contributed by atoms with E-state index in [4.69, 9.17) is 4.42 Å². The van der Waals surface area contributed by atoms with Gasteiger partial charge >= 0.3 is 0 Å². The summed E-state index contributed by atoms with van der Waals surface area (Å²) in [6, 6.07) is 3.92. The summed E-state index contributed by atoms with van der Waals surface area (Å²) >= 11 is 0. The van der Waals surface area contributed by atoms with Crippen LogP contribution in [0.5, 0.6) is 0 Å². The molecule has 1 aliphatic heterocycles. The van der Waals surface area contributed by atoms with E-state index in [1.165, 1.54) is 32.4 Å².